The molecule has 5 rings (SSSR count). The van der Waals surface area contributed by atoms with Crippen molar-refractivity contribution >= 4 is 49.8 Å². The SMILES string of the molecule is COCCOCCOCCOCC[N+](CCOCCOCCOCCOC)=c1ccc2c(/C=C/C=C3\N(CCCS(=O)(=O)O)c4ccc(S(=O)(=O)O)cc4C3(C)CCCC(=O)ON3C(=O)CCC3=O)ccoc-2c1. The average molecular weight is 1080 g/mol. The van der Waals surface area contributed by atoms with Gasteiger partial charge in [-0.2, -0.15) is 16.8 Å². The number of fused-ring (bicyclic) bond motifs is 2. The van der Waals surface area contributed by atoms with E-state index in [1.807, 2.05) is 36.1 Å². The van der Waals surface area contributed by atoms with Crippen molar-refractivity contribution in [2.75, 3.05) is 137 Å². The summed E-state index contributed by atoms with van der Waals surface area (Å²) >= 11 is 0. The lowest BCUT2D eigenvalue weighted by atomic mass is 9.77. The van der Waals surface area contributed by atoms with Crippen molar-refractivity contribution in [3.05, 3.63) is 83.1 Å². The normalized spacial score (nSPS) is 16.6. The lowest BCUT2D eigenvalue weighted by molar-refractivity contribution is -0.197. The van der Waals surface area contributed by atoms with Gasteiger partial charge in [-0.05, 0) is 73.7 Å². The molecular formula is C50H70N3O19S2+. The number of amides is 2. The second-order valence-corrected chi connectivity index (χ2v) is 20.3. The first-order chi connectivity index (χ1) is 35.6. The highest BCUT2D eigenvalue weighted by Crippen LogP contribution is 2.51. The molecule has 2 amide bonds. The summed E-state index contributed by atoms with van der Waals surface area (Å²) < 4.78 is 120. The molecule has 3 aliphatic heterocycles. The van der Waals surface area contributed by atoms with Crippen LogP contribution in [0.1, 0.15) is 56.6 Å². The number of rotatable bonds is 36. The Labute approximate surface area is 432 Å². The number of hydrogen-bond donors (Lipinski definition) is 2. The molecule has 1 unspecified atom stereocenters. The van der Waals surface area contributed by atoms with Gasteiger partial charge in [0.25, 0.3) is 32.1 Å². The van der Waals surface area contributed by atoms with Gasteiger partial charge in [0, 0.05) is 68.5 Å². The molecule has 3 heterocycles. The second-order valence-electron chi connectivity index (χ2n) is 17.3. The number of anilines is 1. The smallest absolute Gasteiger partial charge is 0.333 e. The summed E-state index contributed by atoms with van der Waals surface area (Å²) in [4.78, 5) is 43.6. The highest BCUT2D eigenvalue weighted by molar-refractivity contribution is 7.86. The molecule has 1 atom stereocenters. The largest absolute Gasteiger partial charge is 0.464 e. The summed E-state index contributed by atoms with van der Waals surface area (Å²) in [6.07, 6.45) is 6.99. The van der Waals surface area contributed by atoms with Crippen LogP contribution in [0.4, 0.5) is 5.69 Å². The third-order valence-corrected chi connectivity index (χ3v) is 13.7. The number of allylic oxidation sites excluding steroid dienone is 3. The first kappa shape index (κ1) is 59.9. The molecule has 0 radical (unpaired) electrons. The molecule has 22 nitrogen and oxygen atoms in total. The van der Waals surface area contributed by atoms with Gasteiger partial charge in [-0.25, -0.2) is 9.37 Å². The molecule has 410 valence electrons. The zero-order valence-corrected chi connectivity index (χ0v) is 43.9. The Bertz CT molecular complexity index is 2580. The topological polar surface area (TPSA) is 266 Å². The van der Waals surface area contributed by atoms with Crippen LogP contribution in [0.3, 0.4) is 0 Å². The van der Waals surface area contributed by atoms with Crippen LogP contribution >= 0.6 is 0 Å². The molecule has 1 aromatic carbocycles. The number of methoxy groups -OCH3 is 2. The molecule has 24 heteroatoms. The van der Waals surface area contributed by atoms with Crippen molar-refractivity contribution in [1.82, 2.24) is 9.64 Å². The maximum Gasteiger partial charge on any atom is 0.333 e. The number of carbonyl (C=O) groups is 3. The van der Waals surface area contributed by atoms with Crippen molar-refractivity contribution in [2.45, 2.75) is 55.8 Å². The Balaban J connectivity index is 1.38. The van der Waals surface area contributed by atoms with E-state index in [4.69, 9.17) is 47.1 Å². The van der Waals surface area contributed by atoms with Crippen molar-refractivity contribution in [3.8, 4) is 11.3 Å². The molecule has 2 N–H and O–H groups in total. The van der Waals surface area contributed by atoms with Gasteiger partial charge in [0.1, 0.15) is 19.0 Å². The van der Waals surface area contributed by atoms with E-state index in [9.17, 15) is 40.3 Å². The first-order valence-corrected chi connectivity index (χ1v) is 27.4. The fourth-order valence-corrected chi connectivity index (χ4v) is 9.28. The summed E-state index contributed by atoms with van der Waals surface area (Å²) in [6.45, 7) is 9.24. The number of carbonyl (C=O) groups excluding carboxylic acids is 3. The van der Waals surface area contributed by atoms with Gasteiger partial charge in [-0.1, -0.05) is 12.2 Å². The van der Waals surface area contributed by atoms with Crippen molar-refractivity contribution < 1.29 is 87.5 Å². The highest BCUT2D eigenvalue weighted by Gasteiger charge is 2.44. The minimum Gasteiger partial charge on any atom is -0.464 e. The summed E-state index contributed by atoms with van der Waals surface area (Å²) in [5.41, 5.74) is 2.07. The zero-order valence-electron chi connectivity index (χ0n) is 42.3. The lowest BCUT2D eigenvalue weighted by Gasteiger charge is -2.30. The predicted molar refractivity (Wildman–Crippen MR) is 269 cm³/mol. The first-order valence-electron chi connectivity index (χ1n) is 24.4. The Kier molecular flexibility index (Phi) is 24.7. The molecular weight excluding hydrogens is 1010 g/mol. The van der Waals surface area contributed by atoms with Crippen LogP contribution in [-0.4, -0.2) is 181 Å². The van der Waals surface area contributed by atoms with E-state index < -0.39 is 49.2 Å². The fraction of sp³-hybridized carbons (Fsp3) is 0.560. The van der Waals surface area contributed by atoms with Crippen LogP contribution in [0.15, 0.2) is 75.9 Å². The van der Waals surface area contributed by atoms with Crippen molar-refractivity contribution in [2.24, 2.45) is 0 Å². The van der Waals surface area contributed by atoms with E-state index in [1.54, 1.807) is 38.7 Å². The molecule has 0 spiro atoms. The van der Waals surface area contributed by atoms with Gasteiger partial charge in [0.05, 0.1) is 102 Å². The molecule has 1 aromatic rings. The second kappa shape index (κ2) is 30.6. The Morgan fingerprint density at radius 3 is 1.86 bits per heavy atom. The van der Waals surface area contributed by atoms with E-state index >= 15 is 0 Å². The highest BCUT2D eigenvalue weighted by atomic mass is 32.2. The number of ether oxygens (including phenoxy) is 8. The molecule has 0 aromatic heterocycles. The molecule has 74 heavy (non-hydrogen) atoms. The molecule has 4 aliphatic rings. The number of benzene rings is 2. The monoisotopic (exact) mass is 1080 g/mol. The number of imide groups is 1. The van der Waals surface area contributed by atoms with Gasteiger partial charge in [-0.3, -0.25) is 18.7 Å². The Morgan fingerprint density at radius 2 is 1.31 bits per heavy atom. The van der Waals surface area contributed by atoms with Gasteiger partial charge >= 0.3 is 5.97 Å². The van der Waals surface area contributed by atoms with Crippen LogP contribution in [0.5, 0.6) is 0 Å². The number of nitrogens with zero attached hydrogens (tertiary/aromatic N) is 3. The van der Waals surface area contributed by atoms with E-state index in [-0.39, 0.29) is 50.0 Å². The van der Waals surface area contributed by atoms with E-state index in [0.29, 0.717) is 133 Å². The van der Waals surface area contributed by atoms with Crippen LogP contribution in [-0.2, 0) is 82.8 Å². The minimum absolute atomic E-state index is 0.0112. The Morgan fingerprint density at radius 1 is 0.743 bits per heavy atom. The van der Waals surface area contributed by atoms with E-state index in [2.05, 4.69) is 4.58 Å². The van der Waals surface area contributed by atoms with Crippen LogP contribution in [0.25, 0.3) is 17.4 Å². The van der Waals surface area contributed by atoms with Gasteiger partial charge in [0.15, 0.2) is 13.1 Å². The Hall–Kier alpha value is -4.96. The zero-order chi connectivity index (χ0) is 53.4. The predicted octanol–water partition coefficient (Wildman–Crippen LogP) is 3.53. The van der Waals surface area contributed by atoms with E-state index in [0.717, 1.165) is 16.5 Å². The van der Waals surface area contributed by atoms with Gasteiger partial charge < -0.3 is 52.0 Å². The maximum absolute atomic E-state index is 12.9. The summed E-state index contributed by atoms with van der Waals surface area (Å²) in [5.74, 6) is -2.03. The molecule has 1 fully saturated rings. The lowest BCUT2D eigenvalue weighted by Crippen LogP contribution is -2.36. The molecule has 1 aliphatic carbocycles. The van der Waals surface area contributed by atoms with Gasteiger partial charge in [-0.15, -0.1) is 5.06 Å². The summed E-state index contributed by atoms with van der Waals surface area (Å²) in [5, 5.41) is 1.33. The summed E-state index contributed by atoms with van der Waals surface area (Å²) in [7, 11) is -5.77. The standard InChI is InChI=1S/C50H69N3O19S2/c1-50(17-5-9-49(56)72-53-47(54)14-15-48(53)55)43-38-41(74(60,61)62)11-13-44(43)52(18-6-36-73(57,58)59)46(50)8-4-7-39-16-21-71-45-37-40(10-12-42(39)45)51(19-22-65-28-30-69-34-32-67-26-24-63-2)20-23-66-29-31-70-35-33-68-27-25-64-3/h4,7-8,10-13,16,21,37-38H,5-6,9,14-15,17-20,22-36H2,1-3H3,(H-,57,58,59,60,61,62)/p+1. The summed E-state index contributed by atoms with van der Waals surface area (Å²) in [6, 6.07) is 11.7. The quantitative estimate of drug-likeness (QED) is 0.0365. The van der Waals surface area contributed by atoms with Crippen molar-refractivity contribution in [1.29, 1.82) is 0 Å². The number of hydroxylamine groups is 2. The van der Waals surface area contributed by atoms with Crippen LogP contribution in [0.2, 0.25) is 0 Å². The van der Waals surface area contributed by atoms with Crippen LogP contribution in [0, 0.1) is 0 Å². The number of hydrogen-bond acceptors (Lipinski definition) is 18. The fourth-order valence-electron chi connectivity index (χ4n) is 8.28. The molecule has 0 bridgehead atoms. The third-order valence-electron chi connectivity index (χ3n) is 12.0. The van der Waals surface area contributed by atoms with Crippen molar-refractivity contribution in [3.63, 3.8) is 0 Å². The van der Waals surface area contributed by atoms with E-state index in [1.165, 1.54) is 18.2 Å². The third kappa shape index (κ3) is 19.0. The van der Waals surface area contributed by atoms with Crippen LogP contribution < -0.4 is 14.8 Å². The molecule has 1 saturated heterocycles. The minimum atomic E-state index is -4.67. The van der Waals surface area contributed by atoms with Gasteiger partial charge in [0.2, 0.25) is 5.36 Å². The average Bonchev–Trinajstić information content (AvgIpc) is 3.79. The molecule has 0 saturated carbocycles. The maximum atomic E-state index is 12.9.